The Morgan fingerprint density at radius 3 is 2.31 bits per heavy atom. The molecule has 1 aromatic heterocycles. The number of nitrogens with zero attached hydrogens (tertiary/aromatic N) is 1. The van der Waals surface area contributed by atoms with E-state index in [2.05, 4.69) is 16.4 Å². The van der Waals surface area contributed by atoms with E-state index in [0.717, 1.165) is 11.1 Å². The van der Waals surface area contributed by atoms with Crippen LogP contribution in [-0.4, -0.2) is 24.1 Å². The molecule has 0 aliphatic rings. The number of carbonyl (C=O) groups excluding carboxylic acids is 1. The lowest BCUT2D eigenvalue weighted by Crippen LogP contribution is -2.30. The maximum atomic E-state index is 12.4. The normalized spacial score (nSPS) is 11.4. The van der Waals surface area contributed by atoms with E-state index in [1.54, 1.807) is 38.3 Å². The van der Waals surface area contributed by atoms with Gasteiger partial charge in [0.1, 0.15) is 5.75 Å². The molecule has 0 saturated heterocycles. The van der Waals surface area contributed by atoms with Crippen LogP contribution in [0.25, 0.3) is 0 Å². The Bertz CT molecular complexity index is 966. The van der Waals surface area contributed by atoms with E-state index in [4.69, 9.17) is 14.2 Å². The van der Waals surface area contributed by atoms with Crippen LogP contribution in [-0.2, 0) is 4.79 Å². The summed E-state index contributed by atoms with van der Waals surface area (Å²) in [7, 11) is 1.58. The summed E-state index contributed by atoms with van der Waals surface area (Å²) in [6.45, 7) is 5.69. The second kappa shape index (κ2) is 9.10. The van der Waals surface area contributed by atoms with E-state index in [1.165, 1.54) is 6.20 Å². The molecule has 0 spiro atoms. The smallest absolute Gasteiger partial charge is 0.265 e. The summed E-state index contributed by atoms with van der Waals surface area (Å²) < 4.78 is 16.8. The third-order valence-electron chi connectivity index (χ3n) is 4.16. The molecule has 6 nitrogen and oxygen atoms in total. The van der Waals surface area contributed by atoms with E-state index in [1.807, 2.05) is 38.1 Å². The average Bonchev–Trinajstić information content (AvgIpc) is 2.69. The highest BCUT2D eigenvalue weighted by atomic mass is 16.5. The molecule has 2 aromatic carbocycles. The summed E-state index contributed by atoms with van der Waals surface area (Å²) in [6.07, 6.45) is 0.882. The maximum Gasteiger partial charge on any atom is 0.265 e. The molecule has 0 fully saturated rings. The molecule has 3 rings (SSSR count). The molecule has 1 unspecified atom stereocenters. The van der Waals surface area contributed by atoms with Crippen molar-refractivity contribution in [1.82, 2.24) is 4.98 Å². The third-order valence-corrected chi connectivity index (χ3v) is 4.16. The summed E-state index contributed by atoms with van der Waals surface area (Å²) in [6, 6.07) is 16.6. The van der Waals surface area contributed by atoms with Crippen LogP contribution in [0.4, 0.5) is 5.69 Å². The Kier molecular flexibility index (Phi) is 6.34. The summed E-state index contributed by atoms with van der Waals surface area (Å²) in [5.41, 5.74) is 2.73. The predicted molar refractivity (Wildman–Crippen MR) is 112 cm³/mol. The number of ether oxygens (including phenoxy) is 3. The lowest BCUT2D eigenvalue weighted by Gasteiger charge is -2.16. The molecule has 0 bridgehead atoms. The van der Waals surface area contributed by atoms with Crippen molar-refractivity contribution in [3.05, 3.63) is 71.9 Å². The van der Waals surface area contributed by atoms with Crippen molar-refractivity contribution in [1.29, 1.82) is 0 Å². The van der Waals surface area contributed by atoms with E-state index in [0.29, 0.717) is 28.8 Å². The highest BCUT2D eigenvalue weighted by Gasteiger charge is 2.15. The van der Waals surface area contributed by atoms with E-state index in [9.17, 15) is 4.79 Å². The first-order valence-corrected chi connectivity index (χ1v) is 9.27. The number of amides is 1. The van der Waals surface area contributed by atoms with Gasteiger partial charge in [-0.05, 0) is 62.2 Å². The van der Waals surface area contributed by atoms with Crippen LogP contribution >= 0.6 is 0 Å². The summed E-state index contributed by atoms with van der Waals surface area (Å²) in [4.78, 5) is 16.7. The molecule has 1 atom stereocenters. The number of rotatable bonds is 7. The van der Waals surface area contributed by atoms with Gasteiger partial charge in [-0.2, -0.15) is 0 Å². The SMILES string of the molecule is COc1ccccc1Oc1ccc(NC(=O)C(C)Oc2cc(C)cc(C)c2)cn1. The van der Waals surface area contributed by atoms with E-state index < -0.39 is 6.10 Å². The zero-order chi connectivity index (χ0) is 20.8. The number of hydrogen-bond acceptors (Lipinski definition) is 5. The summed E-state index contributed by atoms with van der Waals surface area (Å²) in [5, 5.41) is 2.80. The van der Waals surface area contributed by atoms with Gasteiger partial charge in [-0.3, -0.25) is 4.79 Å². The quantitative estimate of drug-likeness (QED) is 0.619. The number of nitrogens with one attached hydrogen (secondary N) is 1. The first kappa shape index (κ1) is 20.2. The van der Waals surface area contributed by atoms with Gasteiger partial charge in [0.05, 0.1) is 19.0 Å². The Morgan fingerprint density at radius 2 is 1.69 bits per heavy atom. The molecule has 0 saturated carbocycles. The first-order valence-electron chi connectivity index (χ1n) is 9.27. The predicted octanol–water partition coefficient (Wildman–Crippen LogP) is 4.91. The molecule has 0 radical (unpaired) electrons. The zero-order valence-corrected chi connectivity index (χ0v) is 16.9. The van der Waals surface area contributed by atoms with E-state index >= 15 is 0 Å². The largest absolute Gasteiger partial charge is 0.493 e. The molecule has 1 N–H and O–H groups in total. The molecular weight excluding hydrogens is 368 g/mol. The van der Waals surface area contributed by atoms with Crippen molar-refractivity contribution in [2.75, 3.05) is 12.4 Å². The van der Waals surface area contributed by atoms with Crippen molar-refractivity contribution in [3.8, 4) is 23.1 Å². The van der Waals surface area contributed by atoms with Crippen molar-refractivity contribution >= 4 is 11.6 Å². The van der Waals surface area contributed by atoms with Gasteiger partial charge in [-0.1, -0.05) is 18.2 Å². The van der Waals surface area contributed by atoms with Gasteiger partial charge < -0.3 is 19.5 Å². The fraction of sp³-hybridized carbons (Fsp3) is 0.217. The van der Waals surface area contributed by atoms with Crippen LogP contribution in [0.5, 0.6) is 23.1 Å². The van der Waals surface area contributed by atoms with Crippen LogP contribution in [0.15, 0.2) is 60.8 Å². The Balaban J connectivity index is 1.60. The zero-order valence-electron chi connectivity index (χ0n) is 16.9. The molecule has 150 valence electrons. The minimum absolute atomic E-state index is 0.260. The highest BCUT2D eigenvalue weighted by Crippen LogP contribution is 2.30. The Hall–Kier alpha value is -3.54. The number of benzene rings is 2. The number of methoxy groups -OCH3 is 1. The van der Waals surface area contributed by atoms with Gasteiger partial charge in [-0.15, -0.1) is 0 Å². The molecule has 6 heteroatoms. The lowest BCUT2D eigenvalue weighted by molar-refractivity contribution is -0.122. The van der Waals surface area contributed by atoms with Crippen molar-refractivity contribution < 1.29 is 19.0 Å². The second-order valence-electron chi connectivity index (χ2n) is 6.71. The monoisotopic (exact) mass is 392 g/mol. The molecule has 1 amide bonds. The van der Waals surface area contributed by atoms with Crippen molar-refractivity contribution in [2.24, 2.45) is 0 Å². The van der Waals surface area contributed by atoms with Crippen LogP contribution in [0, 0.1) is 13.8 Å². The first-order chi connectivity index (χ1) is 13.9. The van der Waals surface area contributed by atoms with Crippen LogP contribution in [0.2, 0.25) is 0 Å². The topological polar surface area (TPSA) is 69.7 Å². The van der Waals surface area contributed by atoms with Gasteiger partial charge in [0, 0.05) is 6.07 Å². The fourth-order valence-corrected chi connectivity index (χ4v) is 2.83. The number of pyridine rings is 1. The van der Waals surface area contributed by atoms with Crippen molar-refractivity contribution in [2.45, 2.75) is 26.9 Å². The molecule has 1 heterocycles. The maximum absolute atomic E-state index is 12.4. The molecule has 3 aromatic rings. The van der Waals surface area contributed by atoms with Gasteiger partial charge in [0.15, 0.2) is 17.6 Å². The molecule has 0 aliphatic heterocycles. The van der Waals surface area contributed by atoms with Gasteiger partial charge in [0.25, 0.3) is 5.91 Å². The Labute approximate surface area is 170 Å². The van der Waals surface area contributed by atoms with Gasteiger partial charge in [0.2, 0.25) is 5.88 Å². The number of carbonyl (C=O) groups is 1. The number of aromatic nitrogens is 1. The van der Waals surface area contributed by atoms with Crippen LogP contribution in [0.3, 0.4) is 0 Å². The van der Waals surface area contributed by atoms with Crippen LogP contribution < -0.4 is 19.5 Å². The standard InChI is InChI=1S/C23H24N2O4/c1-15-11-16(2)13-19(12-15)28-17(3)23(26)25-18-9-10-22(24-14-18)29-21-8-6-5-7-20(21)27-4/h5-14,17H,1-4H3,(H,25,26). The molecule has 29 heavy (non-hydrogen) atoms. The highest BCUT2D eigenvalue weighted by molar-refractivity contribution is 5.94. The number of aryl methyl sites for hydroxylation is 2. The minimum atomic E-state index is -0.652. The van der Waals surface area contributed by atoms with Crippen molar-refractivity contribution in [3.63, 3.8) is 0 Å². The fourth-order valence-electron chi connectivity index (χ4n) is 2.83. The van der Waals surface area contributed by atoms with Gasteiger partial charge >= 0.3 is 0 Å². The number of anilines is 1. The number of para-hydroxylation sites is 2. The minimum Gasteiger partial charge on any atom is -0.493 e. The average molecular weight is 392 g/mol. The number of hydrogen-bond donors (Lipinski definition) is 1. The lowest BCUT2D eigenvalue weighted by atomic mass is 10.1. The van der Waals surface area contributed by atoms with E-state index in [-0.39, 0.29) is 5.91 Å². The third kappa shape index (κ3) is 5.48. The second-order valence-corrected chi connectivity index (χ2v) is 6.71. The summed E-state index contributed by atoms with van der Waals surface area (Å²) in [5.74, 6) is 1.99. The Morgan fingerprint density at radius 1 is 1.00 bits per heavy atom. The summed E-state index contributed by atoms with van der Waals surface area (Å²) >= 11 is 0. The molecular formula is C23H24N2O4. The van der Waals surface area contributed by atoms with Crippen LogP contribution in [0.1, 0.15) is 18.1 Å². The van der Waals surface area contributed by atoms with Gasteiger partial charge in [-0.25, -0.2) is 4.98 Å². The molecule has 0 aliphatic carbocycles.